The standard InChI is InChI=1S/C13H15IO3/c1-3-17-13(16)11(8-14)12(15)10-7-5-4-6-9(10)2/h4-8,12,15H,3H2,1-2H3/b11-8+. The fourth-order valence-corrected chi connectivity index (χ4v) is 2.09. The molecule has 0 spiro atoms. The number of benzene rings is 1. The summed E-state index contributed by atoms with van der Waals surface area (Å²) >= 11 is 1.94. The van der Waals surface area contributed by atoms with E-state index in [4.69, 9.17) is 4.74 Å². The summed E-state index contributed by atoms with van der Waals surface area (Å²) in [6, 6.07) is 7.43. The SMILES string of the molecule is CCOC(=O)/C(=C/I)C(O)c1ccccc1C. The molecule has 0 aromatic heterocycles. The Morgan fingerprint density at radius 1 is 1.53 bits per heavy atom. The highest BCUT2D eigenvalue weighted by atomic mass is 127. The maximum absolute atomic E-state index is 11.6. The van der Waals surface area contributed by atoms with Crippen LogP contribution in [0.4, 0.5) is 0 Å². The largest absolute Gasteiger partial charge is 0.463 e. The Bertz CT molecular complexity index is 426. The fraction of sp³-hybridized carbons (Fsp3) is 0.308. The number of hydrogen-bond acceptors (Lipinski definition) is 3. The van der Waals surface area contributed by atoms with Gasteiger partial charge in [-0.15, -0.1) is 0 Å². The molecule has 0 fully saturated rings. The highest BCUT2D eigenvalue weighted by Gasteiger charge is 2.22. The van der Waals surface area contributed by atoms with Crippen LogP contribution < -0.4 is 0 Å². The van der Waals surface area contributed by atoms with Crippen molar-refractivity contribution in [2.24, 2.45) is 0 Å². The van der Waals surface area contributed by atoms with E-state index in [1.807, 2.05) is 47.7 Å². The van der Waals surface area contributed by atoms with Gasteiger partial charge in [-0.2, -0.15) is 0 Å². The first kappa shape index (κ1) is 14.2. The number of carbonyl (C=O) groups is 1. The van der Waals surface area contributed by atoms with Gasteiger partial charge in [-0.3, -0.25) is 0 Å². The summed E-state index contributed by atoms with van der Waals surface area (Å²) in [5, 5.41) is 10.2. The van der Waals surface area contributed by atoms with Crippen LogP contribution in [0.25, 0.3) is 0 Å². The topological polar surface area (TPSA) is 46.5 Å². The van der Waals surface area contributed by atoms with Crippen molar-refractivity contribution < 1.29 is 14.6 Å². The molecule has 1 rings (SSSR count). The van der Waals surface area contributed by atoms with Crippen molar-refractivity contribution in [3.63, 3.8) is 0 Å². The third kappa shape index (κ3) is 3.54. The lowest BCUT2D eigenvalue weighted by atomic mass is 9.98. The summed E-state index contributed by atoms with van der Waals surface area (Å²) in [6.45, 7) is 3.94. The summed E-state index contributed by atoms with van der Waals surface area (Å²) < 4.78 is 6.47. The zero-order valence-corrected chi connectivity index (χ0v) is 12.0. The molecular weight excluding hydrogens is 331 g/mol. The molecule has 0 aliphatic rings. The minimum Gasteiger partial charge on any atom is -0.463 e. The molecule has 0 radical (unpaired) electrons. The lowest BCUT2D eigenvalue weighted by Gasteiger charge is -2.15. The predicted octanol–water partition coefficient (Wildman–Crippen LogP) is 2.91. The Morgan fingerprint density at radius 2 is 2.18 bits per heavy atom. The summed E-state index contributed by atoms with van der Waals surface area (Å²) in [5.74, 6) is -0.474. The second kappa shape index (κ2) is 6.76. The van der Waals surface area contributed by atoms with Crippen molar-refractivity contribution in [1.29, 1.82) is 0 Å². The number of aliphatic hydroxyl groups excluding tert-OH is 1. The first-order valence-electron chi connectivity index (χ1n) is 5.32. The van der Waals surface area contributed by atoms with Crippen LogP contribution in [0.5, 0.6) is 0 Å². The van der Waals surface area contributed by atoms with E-state index in [-0.39, 0.29) is 5.57 Å². The smallest absolute Gasteiger partial charge is 0.337 e. The van der Waals surface area contributed by atoms with Gasteiger partial charge in [0.25, 0.3) is 0 Å². The molecule has 0 saturated heterocycles. The van der Waals surface area contributed by atoms with Crippen LogP contribution in [0, 0.1) is 6.92 Å². The molecule has 0 saturated carbocycles. The van der Waals surface area contributed by atoms with Gasteiger partial charge in [-0.25, -0.2) is 4.79 Å². The zero-order chi connectivity index (χ0) is 12.8. The van der Waals surface area contributed by atoms with Gasteiger partial charge in [-0.05, 0) is 29.1 Å². The average molecular weight is 346 g/mol. The van der Waals surface area contributed by atoms with E-state index >= 15 is 0 Å². The molecule has 92 valence electrons. The number of halogens is 1. The Labute approximate surface area is 115 Å². The van der Waals surface area contributed by atoms with Crippen molar-refractivity contribution in [2.75, 3.05) is 6.61 Å². The van der Waals surface area contributed by atoms with Crippen LogP contribution in [-0.2, 0) is 9.53 Å². The van der Waals surface area contributed by atoms with Crippen LogP contribution >= 0.6 is 22.6 Å². The Balaban J connectivity index is 2.99. The van der Waals surface area contributed by atoms with Crippen molar-refractivity contribution in [1.82, 2.24) is 0 Å². The molecule has 0 aliphatic carbocycles. The second-order valence-corrected chi connectivity index (χ2v) is 4.17. The van der Waals surface area contributed by atoms with Gasteiger partial charge in [0.1, 0.15) is 6.10 Å². The van der Waals surface area contributed by atoms with Gasteiger partial charge < -0.3 is 9.84 Å². The van der Waals surface area contributed by atoms with Gasteiger partial charge in [0.15, 0.2) is 0 Å². The highest BCUT2D eigenvalue weighted by molar-refractivity contribution is 14.1. The molecule has 1 atom stereocenters. The molecule has 1 aromatic rings. The first-order valence-corrected chi connectivity index (χ1v) is 6.57. The number of carbonyl (C=O) groups excluding carboxylic acids is 1. The minimum atomic E-state index is -0.938. The van der Waals surface area contributed by atoms with E-state index in [1.165, 1.54) is 0 Å². The molecule has 0 heterocycles. The Kier molecular flexibility index (Phi) is 5.64. The molecule has 4 heteroatoms. The number of esters is 1. The Morgan fingerprint density at radius 3 is 2.71 bits per heavy atom. The third-order valence-electron chi connectivity index (χ3n) is 2.41. The van der Waals surface area contributed by atoms with Gasteiger partial charge in [-0.1, -0.05) is 46.9 Å². The van der Waals surface area contributed by atoms with Crippen molar-refractivity contribution in [3.05, 3.63) is 45.0 Å². The lowest BCUT2D eigenvalue weighted by Crippen LogP contribution is -2.15. The predicted molar refractivity (Wildman–Crippen MR) is 74.9 cm³/mol. The first-order chi connectivity index (χ1) is 8.11. The van der Waals surface area contributed by atoms with E-state index in [9.17, 15) is 9.90 Å². The second-order valence-electron chi connectivity index (χ2n) is 3.54. The van der Waals surface area contributed by atoms with Crippen LogP contribution in [0.15, 0.2) is 33.9 Å². The van der Waals surface area contributed by atoms with E-state index < -0.39 is 12.1 Å². The maximum Gasteiger partial charge on any atom is 0.337 e. The van der Waals surface area contributed by atoms with E-state index in [0.29, 0.717) is 6.61 Å². The van der Waals surface area contributed by atoms with Gasteiger partial charge in [0, 0.05) is 0 Å². The number of aryl methyl sites for hydroxylation is 1. The van der Waals surface area contributed by atoms with Gasteiger partial charge in [0.2, 0.25) is 0 Å². The van der Waals surface area contributed by atoms with E-state index in [0.717, 1.165) is 11.1 Å². The number of ether oxygens (including phenoxy) is 1. The molecule has 0 bridgehead atoms. The minimum absolute atomic E-state index is 0.266. The molecule has 17 heavy (non-hydrogen) atoms. The van der Waals surface area contributed by atoms with Crippen molar-refractivity contribution >= 4 is 28.6 Å². The number of rotatable bonds is 4. The summed E-state index contributed by atoms with van der Waals surface area (Å²) in [4.78, 5) is 11.6. The molecule has 0 aliphatic heterocycles. The molecule has 0 amide bonds. The molecule has 3 nitrogen and oxygen atoms in total. The summed E-state index contributed by atoms with van der Waals surface area (Å²) in [6.07, 6.45) is -0.938. The summed E-state index contributed by atoms with van der Waals surface area (Å²) in [5.41, 5.74) is 1.94. The monoisotopic (exact) mass is 346 g/mol. The van der Waals surface area contributed by atoms with Crippen LogP contribution in [0.1, 0.15) is 24.2 Å². The van der Waals surface area contributed by atoms with Crippen LogP contribution in [-0.4, -0.2) is 17.7 Å². The van der Waals surface area contributed by atoms with E-state index in [2.05, 4.69) is 0 Å². The van der Waals surface area contributed by atoms with Gasteiger partial charge >= 0.3 is 5.97 Å². The molecular formula is C13H15IO3. The Hall–Kier alpha value is -0.880. The summed E-state index contributed by atoms with van der Waals surface area (Å²) in [7, 11) is 0. The average Bonchev–Trinajstić information content (AvgIpc) is 2.30. The fourth-order valence-electron chi connectivity index (χ4n) is 1.49. The molecule has 1 N–H and O–H groups in total. The van der Waals surface area contributed by atoms with E-state index in [1.54, 1.807) is 17.1 Å². The van der Waals surface area contributed by atoms with Gasteiger partial charge in [0.05, 0.1) is 12.2 Å². The van der Waals surface area contributed by atoms with Crippen LogP contribution in [0.2, 0.25) is 0 Å². The highest BCUT2D eigenvalue weighted by Crippen LogP contribution is 2.26. The quantitative estimate of drug-likeness (QED) is 0.518. The number of hydrogen-bond donors (Lipinski definition) is 1. The molecule has 1 aromatic carbocycles. The zero-order valence-electron chi connectivity index (χ0n) is 9.81. The van der Waals surface area contributed by atoms with Crippen LogP contribution in [0.3, 0.4) is 0 Å². The third-order valence-corrected chi connectivity index (χ3v) is 3.08. The normalized spacial score (nSPS) is 13.3. The maximum atomic E-state index is 11.6. The van der Waals surface area contributed by atoms with Crippen molar-refractivity contribution in [3.8, 4) is 0 Å². The molecule has 1 unspecified atom stereocenters. The number of aliphatic hydroxyl groups is 1. The van der Waals surface area contributed by atoms with Crippen molar-refractivity contribution in [2.45, 2.75) is 20.0 Å². The lowest BCUT2D eigenvalue weighted by molar-refractivity contribution is -0.139.